The second-order valence-corrected chi connectivity index (χ2v) is 6.73. The van der Waals surface area contributed by atoms with E-state index >= 15 is 0 Å². The summed E-state index contributed by atoms with van der Waals surface area (Å²) in [6.45, 7) is 0.240. The van der Waals surface area contributed by atoms with E-state index in [1.165, 1.54) is 6.92 Å². The molecule has 0 spiro atoms. The minimum Gasteiger partial charge on any atom is -0.481 e. The molecule has 0 aliphatic rings. The molecule has 0 bridgehead atoms. The van der Waals surface area contributed by atoms with Gasteiger partial charge in [-0.05, 0) is 31.5 Å². The predicted molar refractivity (Wildman–Crippen MR) is 93.9 cm³/mol. The number of nitrogens with one attached hydrogen (secondary N) is 1. The van der Waals surface area contributed by atoms with Crippen LogP contribution in [0.2, 0.25) is 0 Å². The third-order valence-electron chi connectivity index (χ3n) is 3.98. The number of benzene rings is 1. The van der Waals surface area contributed by atoms with Crippen molar-refractivity contribution in [1.82, 2.24) is 15.1 Å². The van der Waals surface area contributed by atoms with Gasteiger partial charge in [-0.2, -0.15) is 13.9 Å². The molecule has 140 valence electrons. The van der Waals surface area contributed by atoms with Gasteiger partial charge in [0.2, 0.25) is 5.91 Å². The first kappa shape index (κ1) is 20.0. The highest BCUT2D eigenvalue weighted by Gasteiger charge is 2.22. The number of rotatable bonds is 7. The van der Waals surface area contributed by atoms with Gasteiger partial charge in [-0.25, -0.2) is 4.68 Å². The Kier molecular flexibility index (Phi) is 6.47. The van der Waals surface area contributed by atoms with Crippen LogP contribution in [0.15, 0.2) is 28.7 Å². The molecule has 0 aliphatic heterocycles. The van der Waals surface area contributed by atoms with Crippen LogP contribution in [0.5, 0.6) is 0 Å². The zero-order valence-corrected chi connectivity index (χ0v) is 15.8. The maximum Gasteiger partial charge on any atom is 0.333 e. The molecule has 1 atom stereocenters. The first-order valence-corrected chi connectivity index (χ1v) is 8.57. The fourth-order valence-corrected chi connectivity index (χ4v) is 2.94. The van der Waals surface area contributed by atoms with Crippen molar-refractivity contribution in [3.8, 4) is 0 Å². The molecule has 0 saturated heterocycles. The molecule has 26 heavy (non-hydrogen) atoms. The number of hydrogen-bond acceptors (Lipinski definition) is 3. The Labute approximate surface area is 157 Å². The first-order valence-electron chi connectivity index (χ1n) is 7.78. The Morgan fingerprint density at radius 1 is 1.27 bits per heavy atom. The molecule has 0 aliphatic carbocycles. The van der Waals surface area contributed by atoms with Crippen LogP contribution in [0.3, 0.4) is 0 Å². The SMILES string of the molecule is Cc1nn(C(F)F)c(C)c1CC(=O)NC(CC(=O)O)c1ccc(Br)cc1. The Balaban J connectivity index is 2.17. The van der Waals surface area contributed by atoms with Gasteiger partial charge in [-0.15, -0.1) is 0 Å². The first-order chi connectivity index (χ1) is 12.2. The van der Waals surface area contributed by atoms with Crippen molar-refractivity contribution in [2.24, 2.45) is 0 Å². The monoisotopic (exact) mass is 429 g/mol. The number of aromatic nitrogens is 2. The topological polar surface area (TPSA) is 84.2 Å². The minimum atomic E-state index is -2.78. The Morgan fingerprint density at radius 2 is 1.88 bits per heavy atom. The van der Waals surface area contributed by atoms with Crippen molar-refractivity contribution in [3.05, 3.63) is 51.3 Å². The van der Waals surface area contributed by atoms with E-state index in [-0.39, 0.29) is 18.5 Å². The van der Waals surface area contributed by atoms with Crippen LogP contribution in [0.1, 0.15) is 41.5 Å². The molecule has 0 radical (unpaired) electrons. The lowest BCUT2D eigenvalue weighted by molar-refractivity contribution is -0.137. The van der Waals surface area contributed by atoms with Crippen LogP contribution >= 0.6 is 15.9 Å². The third kappa shape index (κ3) is 4.87. The molecule has 1 amide bonds. The van der Waals surface area contributed by atoms with Crippen molar-refractivity contribution in [3.63, 3.8) is 0 Å². The van der Waals surface area contributed by atoms with Gasteiger partial charge in [-0.1, -0.05) is 28.1 Å². The van der Waals surface area contributed by atoms with Crippen molar-refractivity contribution in [2.75, 3.05) is 0 Å². The van der Waals surface area contributed by atoms with Crippen molar-refractivity contribution in [1.29, 1.82) is 0 Å². The molecule has 1 unspecified atom stereocenters. The molecule has 2 aromatic rings. The second-order valence-electron chi connectivity index (χ2n) is 5.82. The number of aryl methyl sites for hydroxylation is 1. The third-order valence-corrected chi connectivity index (χ3v) is 4.51. The number of alkyl halides is 2. The number of amides is 1. The van der Waals surface area contributed by atoms with E-state index in [0.717, 1.165) is 4.47 Å². The second kappa shape index (κ2) is 8.39. The molecule has 0 fully saturated rings. The van der Waals surface area contributed by atoms with E-state index in [9.17, 15) is 18.4 Å². The van der Waals surface area contributed by atoms with E-state index in [1.54, 1.807) is 31.2 Å². The summed E-state index contributed by atoms with van der Waals surface area (Å²) in [5.41, 5.74) is 1.61. The summed E-state index contributed by atoms with van der Waals surface area (Å²) in [6, 6.07) is 6.19. The highest BCUT2D eigenvalue weighted by atomic mass is 79.9. The van der Waals surface area contributed by atoms with Gasteiger partial charge in [0.25, 0.3) is 0 Å². The van der Waals surface area contributed by atoms with Gasteiger partial charge in [0.05, 0.1) is 24.6 Å². The molecule has 1 heterocycles. The summed E-state index contributed by atoms with van der Waals surface area (Å²) in [5, 5.41) is 15.5. The zero-order valence-electron chi connectivity index (χ0n) is 14.2. The van der Waals surface area contributed by atoms with E-state index in [0.29, 0.717) is 21.5 Å². The zero-order chi connectivity index (χ0) is 19.4. The highest BCUT2D eigenvalue weighted by molar-refractivity contribution is 9.10. The van der Waals surface area contributed by atoms with Crippen LogP contribution in [-0.2, 0) is 16.0 Å². The molecular weight excluding hydrogens is 412 g/mol. The summed E-state index contributed by atoms with van der Waals surface area (Å²) in [6.07, 6.45) is -0.446. The number of hydrogen-bond donors (Lipinski definition) is 2. The Hall–Kier alpha value is -2.29. The predicted octanol–water partition coefficient (Wildman–Crippen LogP) is 3.53. The van der Waals surface area contributed by atoms with Crippen molar-refractivity contribution < 1.29 is 23.5 Å². The number of carboxylic acid groups (broad SMARTS) is 1. The van der Waals surface area contributed by atoms with Crippen LogP contribution in [0.4, 0.5) is 8.78 Å². The number of nitrogens with zero attached hydrogens (tertiary/aromatic N) is 2. The van der Waals surface area contributed by atoms with Gasteiger partial charge in [-0.3, -0.25) is 9.59 Å². The normalized spacial score (nSPS) is 12.2. The molecule has 2 rings (SSSR count). The largest absolute Gasteiger partial charge is 0.481 e. The van der Waals surface area contributed by atoms with Gasteiger partial charge in [0, 0.05) is 15.7 Å². The molecule has 1 aromatic carbocycles. The summed E-state index contributed by atoms with van der Waals surface area (Å²) < 4.78 is 27.2. The lowest BCUT2D eigenvalue weighted by Gasteiger charge is -2.18. The molecule has 0 saturated carbocycles. The van der Waals surface area contributed by atoms with Crippen molar-refractivity contribution in [2.45, 2.75) is 39.3 Å². The summed E-state index contributed by atoms with van der Waals surface area (Å²) in [4.78, 5) is 23.5. The van der Waals surface area contributed by atoms with Crippen LogP contribution in [0, 0.1) is 13.8 Å². The summed E-state index contributed by atoms with van der Waals surface area (Å²) in [7, 11) is 0. The lowest BCUT2D eigenvalue weighted by Crippen LogP contribution is -2.31. The van der Waals surface area contributed by atoms with Crippen molar-refractivity contribution >= 4 is 27.8 Å². The number of carbonyl (C=O) groups is 2. The number of carboxylic acids is 1. The lowest BCUT2D eigenvalue weighted by atomic mass is 10.0. The molecule has 1 aromatic heterocycles. The molecule has 9 heteroatoms. The minimum absolute atomic E-state index is 0.156. The molecular formula is C17H18BrF2N3O3. The molecule has 2 N–H and O–H groups in total. The van der Waals surface area contributed by atoms with E-state index in [4.69, 9.17) is 5.11 Å². The summed E-state index contributed by atoms with van der Waals surface area (Å²) in [5.74, 6) is -1.52. The number of carbonyl (C=O) groups excluding carboxylic acids is 1. The van der Waals surface area contributed by atoms with Gasteiger partial charge in [0.1, 0.15) is 0 Å². The van der Waals surface area contributed by atoms with E-state index in [2.05, 4.69) is 26.3 Å². The fourth-order valence-electron chi connectivity index (χ4n) is 2.67. The van der Waals surface area contributed by atoms with Gasteiger partial charge in [0.15, 0.2) is 0 Å². The average molecular weight is 430 g/mol. The van der Waals surface area contributed by atoms with Gasteiger partial charge < -0.3 is 10.4 Å². The van der Waals surface area contributed by atoms with E-state index in [1.807, 2.05) is 0 Å². The maximum absolute atomic E-state index is 12.9. The van der Waals surface area contributed by atoms with Crippen LogP contribution in [-0.4, -0.2) is 26.8 Å². The fraction of sp³-hybridized carbons (Fsp3) is 0.353. The maximum atomic E-state index is 12.9. The van der Waals surface area contributed by atoms with Crippen LogP contribution < -0.4 is 5.32 Å². The highest BCUT2D eigenvalue weighted by Crippen LogP contribution is 2.22. The van der Waals surface area contributed by atoms with Gasteiger partial charge >= 0.3 is 12.5 Å². The van der Waals surface area contributed by atoms with E-state index < -0.39 is 24.5 Å². The quantitative estimate of drug-likeness (QED) is 0.704. The average Bonchev–Trinajstić information content (AvgIpc) is 2.83. The molecule has 6 nitrogen and oxygen atoms in total. The Morgan fingerprint density at radius 3 is 2.38 bits per heavy atom. The smallest absolute Gasteiger partial charge is 0.333 e. The number of aliphatic carboxylic acids is 1. The standard InChI is InChI=1S/C17H18BrF2N3O3/c1-9-13(10(2)23(22-9)17(19)20)7-15(24)21-14(8-16(25)26)11-3-5-12(18)6-4-11/h3-6,14,17H,7-8H2,1-2H3,(H,21,24)(H,25,26). The summed E-state index contributed by atoms with van der Waals surface area (Å²) >= 11 is 3.30. The number of halogens is 3. The Bertz CT molecular complexity index is 806. The van der Waals surface area contributed by atoms with Crippen LogP contribution in [0.25, 0.3) is 0 Å².